The minimum absolute atomic E-state index is 0.241. The first-order valence-electron chi connectivity index (χ1n) is 6.65. The molecular formula is C17H10ClF3N2O. The van der Waals surface area contributed by atoms with Gasteiger partial charge in [-0.15, -0.1) is 0 Å². The molecule has 7 heteroatoms. The second-order valence-electron chi connectivity index (χ2n) is 4.75. The van der Waals surface area contributed by atoms with Crippen LogP contribution < -0.4 is 5.32 Å². The van der Waals surface area contributed by atoms with Crippen molar-refractivity contribution in [1.29, 1.82) is 5.26 Å². The fraction of sp³-hybridized carbons (Fsp3) is 0.0588. The lowest BCUT2D eigenvalue weighted by Crippen LogP contribution is -2.13. The first-order chi connectivity index (χ1) is 11.3. The topological polar surface area (TPSA) is 52.9 Å². The van der Waals surface area contributed by atoms with Crippen LogP contribution in [0.3, 0.4) is 0 Å². The predicted octanol–water partition coefficient (Wildman–Crippen LogP) is 4.90. The minimum Gasteiger partial charge on any atom is -0.321 e. The van der Waals surface area contributed by atoms with Gasteiger partial charge in [-0.2, -0.15) is 18.4 Å². The quantitative estimate of drug-likeness (QED) is 0.632. The predicted molar refractivity (Wildman–Crippen MR) is 85.1 cm³/mol. The number of benzene rings is 2. The Morgan fingerprint density at radius 3 is 2.38 bits per heavy atom. The van der Waals surface area contributed by atoms with Crippen LogP contribution in [0, 0.1) is 11.3 Å². The van der Waals surface area contributed by atoms with Crippen molar-refractivity contribution in [2.75, 3.05) is 5.32 Å². The molecule has 1 amide bonds. The van der Waals surface area contributed by atoms with E-state index in [2.05, 4.69) is 5.32 Å². The van der Waals surface area contributed by atoms with Crippen molar-refractivity contribution < 1.29 is 18.0 Å². The largest absolute Gasteiger partial charge is 0.416 e. The molecule has 0 aliphatic carbocycles. The van der Waals surface area contributed by atoms with Gasteiger partial charge in [0.15, 0.2) is 0 Å². The number of halogens is 4. The van der Waals surface area contributed by atoms with E-state index in [4.69, 9.17) is 16.9 Å². The molecule has 0 heterocycles. The molecule has 0 saturated carbocycles. The molecule has 122 valence electrons. The van der Waals surface area contributed by atoms with E-state index < -0.39 is 17.6 Å². The Hall–Kier alpha value is -2.78. The molecule has 0 unspecified atom stereocenters. The number of nitriles is 1. The van der Waals surface area contributed by atoms with Crippen molar-refractivity contribution in [3.8, 4) is 6.07 Å². The van der Waals surface area contributed by atoms with E-state index in [0.717, 1.165) is 12.1 Å². The molecule has 0 aliphatic heterocycles. The van der Waals surface area contributed by atoms with E-state index in [1.165, 1.54) is 24.3 Å². The molecule has 0 aromatic heterocycles. The van der Waals surface area contributed by atoms with Crippen molar-refractivity contribution >= 4 is 29.3 Å². The highest BCUT2D eigenvalue weighted by molar-refractivity contribution is 6.31. The summed E-state index contributed by atoms with van der Waals surface area (Å²) in [4.78, 5) is 12.1. The summed E-state index contributed by atoms with van der Waals surface area (Å²) >= 11 is 5.80. The van der Waals surface area contributed by atoms with Crippen LogP contribution >= 0.6 is 11.6 Å². The third-order valence-electron chi connectivity index (χ3n) is 3.00. The number of carbonyl (C=O) groups is 1. The van der Waals surface area contributed by atoms with Gasteiger partial charge in [0.2, 0.25) is 0 Å². The van der Waals surface area contributed by atoms with Crippen molar-refractivity contribution in [3.63, 3.8) is 0 Å². The Morgan fingerprint density at radius 1 is 1.17 bits per heavy atom. The van der Waals surface area contributed by atoms with Gasteiger partial charge in [-0.05, 0) is 42.0 Å². The molecule has 24 heavy (non-hydrogen) atoms. The zero-order chi connectivity index (χ0) is 17.7. The molecular weight excluding hydrogens is 341 g/mol. The van der Waals surface area contributed by atoms with Gasteiger partial charge in [0, 0.05) is 10.7 Å². The monoisotopic (exact) mass is 350 g/mol. The van der Waals surface area contributed by atoms with Crippen molar-refractivity contribution in [2.45, 2.75) is 6.18 Å². The Balaban J connectivity index is 2.19. The van der Waals surface area contributed by atoms with Gasteiger partial charge in [0.25, 0.3) is 5.91 Å². The summed E-state index contributed by atoms with van der Waals surface area (Å²) in [5.41, 5.74) is -0.335. The molecule has 0 radical (unpaired) electrons. The highest BCUT2D eigenvalue weighted by Crippen LogP contribution is 2.29. The third kappa shape index (κ3) is 4.61. The molecule has 2 aromatic rings. The molecule has 2 rings (SSSR count). The number of hydrogen-bond donors (Lipinski definition) is 1. The van der Waals surface area contributed by atoms with E-state index in [0.29, 0.717) is 16.3 Å². The fourth-order valence-electron chi connectivity index (χ4n) is 1.85. The standard InChI is InChI=1S/C17H10ClF3N2O/c18-14-2-1-3-15(9-14)23-16(24)12(10-22)8-11-4-6-13(7-5-11)17(19,20)21/h1-9H,(H,23,24)/b12-8-. The molecule has 1 N–H and O–H groups in total. The molecule has 0 saturated heterocycles. The normalized spacial score (nSPS) is 11.7. The van der Waals surface area contributed by atoms with Gasteiger partial charge < -0.3 is 5.32 Å². The lowest BCUT2D eigenvalue weighted by Gasteiger charge is -2.07. The highest BCUT2D eigenvalue weighted by atomic mass is 35.5. The summed E-state index contributed by atoms with van der Waals surface area (Å²) in [6, 6.07) is 12.2. The second-order valence-corrected chi connectivity index (χ2v) is 5.19. The van der Waals surface area contributed by atoms with Crippen LogP contribution in [0.4, 0.5) is 18.9 Å². The number of amides is 1. The maximum Gasteiger partial charge on any atom is 0.416 e. The van der Waals surface area contributed by atoms with Crippen LogP contribution in [0.25, 0.3) is 6.08 Å². The molecule has 0 spiro atoms. The van der Waals surface area contributed by atoms with Crippen LogP contribution in [0.1, 0.15) is 11.1 Å². The maximum absolute atomic E-state index is 12.5. The van der Waals surface area contributed by atoms with Crippen molar-refractivity contribution in [2.24, 2.45) is 0 Å². The Bertz CT molecular complexity index is 821. The molecule has 0 fully saturated rings. The molecule has 0 atom stereocenters. The molecule has 3 nitrogen and oxygen atoms in total. The zero-order valence-corrected chi connectivity index (χ0v) is 12.8. The summed E-state index contributed by atoms with van der Waals surface area (Å²) in [5.74, 6) is -0.681. The Labute approximate surface area is 141 Å². The first-order valence-corrected chi connectivity index (χ1v) is 7.03. The number of carbonyl (C=O) groups excluding carboxylic acids is 1. The summed E-state index contributed by atoms with van der Waals surface area (Å²) in [5, 5.41) is 12.0. The minimum atomic E-state index is -4.44. The average Bonchev–Trinajstić information content (AvgIpc) is 2.52. The first kappa shape index (κ1) is 17.6. The highest BCUT2D eigenvalue weighted by Gasteiger charge is 2.29. The number of rotatable bonds is 3. The van der Waals surface area contributed by atoms with Crippen molar-refractivity contribution in [1.82, 2.24) is 0 Å². The molecule has 0 aliphatic rings. The van der Waals surface area contributed by atoms with Gasteiger partial charge in [-0.25, -0.2) is 0 Å². The summed E-state index contributed by atoms with van der Waals surface area (Å²) in [6.45, 7) is 0. The van der Waals surface area contributed by atoms with Gasteiger partial charge in [-0.1, -0.05) is 29.8 Å². The number of nitrogens with one attached hydrogen (secondary N) is 1. The summed E-state index contributed by atoms with van der Waals surface area (Å²) < 4.78 is 37.5. The number of nitrogens with zero attached hydrogens (tertiary/aromatic N) is 1. The summed E-state index contributed by atoms with van der Waals surface area (Å²) in [7, 11) is 0. The number of anilines is 1. The molecule has 0 bridgehead atoms. The smallest absolute Gasteiger partial charge is 0.321 e. The SMILES string of the molecule is N#C/C(=C/c1ccc(C(F)(F)F)cc1)C(=O)Nc1cccc(Cl)c1. The Morgan fingerprint density at radius 2 is 1.83 bits per heavy atom. The van der Waals surface area contributed by atoms with Crippen LogP contribution in [-0.2, 0) is 11.0 Å². The second kappa shape index (κ2) is 7.20. The van der Waals surface area contributed by atoms with E-state index in [1.54, 1.807) is 24.3 Å². The fourth-order valence-corrected chi connectivity index (χ4v) is 2.04. The van der Waals surface area contributed by atoms with Gasteiger partial charge in [0.05, 0.1) is 5.56 Å². The van der Waals surface area contributed by atoms with Crippen LogP contribution in [0.15, 0.2) is 54.1 Å². The van der Waals surface area contributed by atoms with E-state index >= 15 is 0 Å². The lowest BCUT2D eigenvalue weighted by molar-refractivity contribution is -0.137. The number of alkyl halides is 3. The number of hydrogen-bond acceptors (Lipinski definition) is 2. The molecule has 2 aromatic carbocycles. The van der Waals surface area contributed by atoms with Gasteiger partial charge in [-0.3, -0.25) is 4.79 Å². The van der Waals surface area contributed by atoms with Crippen molar-refractivity contribution in [3.05, 3.63) is 70.3 Å². The van der Waals surface area contributed by atoms with Gasteiger partial charge in [0.1, 0.15) is 11.6 Å². The van der Waals surface area contributed by atoms with Crippen LogP contribution in [-0.4, -0.2) is 5.91 Å². The zero-order valence-electron chi connectivity index (χ0n) is 12.1. The van der Waals surface area contributed by atoms with E-state index in [9.17, 15) is 18.0 Å². The van der Waals surface area contributed by atoms with Gasteiger partial charge >= 0.3 is 6.18 Å². The average molecular weight is 351 g/mol. The third-order valence-corrected chi connectivity index (χ3v) is 3.23. The van der Waals surface area contributed by atoms with Crippen LogP contribution in [0.2, 0.25) is 5.02 Å². The van der Waals surface area contributed by atoms with E-state index in [1.807, 2.05) is 0 Å². The summed E-state index contributed by atoms with van der Waals surface area (Å²) in [6.07, 6.45) is -3.23. The maximum atomic E-state index is 12.5. The van der Waals surface area contributed by atoms with E-state index in [-0.39, 0.29) is 5.57 Å². The lowest BCUT2D eigenvalue weighted by atomic mass is 10.1. The Kier molecular flexibility index (Phi) is 5.27. The van der Waals surface area contributed by atoms with Crippen LogP contribution in [0.5, 0.6) is 0 Å².